The number of hydrazine groups is 1. The van der Waals surface area contributed by atoms with E-state index < -0.39 is 0 Å². The summed E-state index contributed by atoms with van der Waals surface area (Å²) in [7, 11) is 0. The maximum Gasteiger partial charge on any atom is 0.0935 e. The highest BCUT2D eigenvalue weighted by Crippen LogP contribution is 2.23. The van der Waals surface area contributed by atoms with E-state index in [0.717, 1.165) is 12.0 Å². The lowest BCUT2D eigenvalue weighted by molar-refractivity contribution is 0.534. The molecular weight excluding hydrogens is 212 g/mol. The largest absolute Gasteiger partial charge is 0.472 e. The van der Waals surface area contributed by atoms with Crippen molar-refractivity contribution >= 4 is 0 Å². The van der Waals surface area contributed by atoms with Crippen molar-refractivity contribution in [2.75, 3.05) is 0 Å². The van der Waals surface area contributed by atoms with Crippen LogP contribution in [0.15, 0.2) is 41.2 Å². The van der Waals surface area contributed by atoms with Crippen LogP contribution >= 0.6 is 0 Å². The van der Waals surface area contributed by atoms with Crippen molar-refractivity contribution in [1.82, 2.24) is 5.43 Å². The molecule has 0 spiro atoms. The van der Waals surface area contributed by atoms with Gasteiger partial charge in [0.1, 0.15) is 0 Å². The van der Waals surface area contributed by atoms with E-state index in [0.29, 0.717) is 0 Å². The molecule has 0 bridgehead atoms. The van der Waals surface area contributed by atoms with Gasteiger partial charge < -0.3 is 4.42 Å². The van der Waals surface area contributed by atoms with E-state index in [4.69, 9.17) is 10.3 Å². The zero-order valence-electron chi connectivity index (χ0n) is 10.2. The van der Waals surface area contributed by atoms with Crippen molar-refractivity contribution in [1.29, 1.82) is 0 Å². The fourth-order valence-electron chi connectivity index (χ4n) is 2.05. The third kappa shape index (κ3) is 2.57. The van der Waals surface area contributed by atoms with Crippen LogP contribution in [0.2, 0.25) is 0 Å². The van der Waals surface area contributed by atoms with Crippen LogP contribution in [0.5, 0.6) is 0 Å². The molecule has 0 saturated heterocycles. The molecule has 1 atom stereocenters. The lowest BCUT2D eigenvalue weighted by atomic mass is 9.94. The zero-order chi connectivity index (χ0) is 12.3. The molecule has 0 radical (unpaired) electrons. The highest BCUT2D eigenvalue weighted by atomic mass is 16.3. The first kappa shape index (κ1) is 11.9. The SMILES string of the molecule is Cc1cccc(C(Cc2ccoc2)NN)c1C. The first-order valence-electron chi connectivity index (χ1n) is 5.75. The van der Waals surface area contributed by atoms with Crippen molar-refractivity contribution in [2.45, 2.75) is 26.3 Å². The van der Waals surface area contributed by atoms with Gasteiger partial charge in [0.05, 0.1) is 18.6 Å². The van der Waals surface area contributed by atoms with Crippen LogP contribution in [-0.2, 0) is 6.42 Å². The third-order valence-electron chi connectivity index (χ3n) is 3.24. The summed E-state index contributed by atoms with van der Waals surface area (Å²) >= 11 is 0. The number of nitrogens with two attached hydrogens (primary N) is 1. The molecule has 1 heterocycles. The molecule has 1 aromatic heterocycles. The van der Waals surface area contributed by atoms with Crippen molar-refractivity contribution in [3.8, 4) is 0 Å². The number of nitrogens with one attached hydrogen (secondary N) is 1. The van der Waals surface area contributed by atoms with E-state index >= 15 is 0 Å². The Morgan fingerprint density at radius 2 is 2.12 bits per heavy atom. The van der Waals surface area contributed by atoms with Gasteiger partial charge in [0, 0.05) is 0 Å². The second-order valence-corrected chi connectivity index (χ2v) is 4.34. The van der Waals surface area contributed by atoms with Crippen molar-refractivity contribution in [2.24, 2.45) is 5.84 Å². The summed E-state index contributed by atoms with van der Waals surface area (Å²) in [4.78, 5) is 0. The molecule has 0 aliphatic rings. The van der Waals surface area contributed by atoms with Gasteiger partial charge in [0.15, 0.2) is 0 Å². The summed E-state index contributed by atoms with van der Waals surface area (Å²) in [5.41, 5.74) is 7.85. The maximum absolute atomic E-state index is 5.66. The van der Waals surface area contributed by atoms with E-state index in [1.165, 1.54) is 16.7 Å². The first-order valence-corrected chi connectivity index (χ1v) is 5.75. The van der Waals surface area contributed by atoms with Gasteiger partial charge in [-0.2, -0.15) is 0 Å². The molecule has 17 heavy (non-hydrogen) atoms. The van der Waals surface area contributed by atoms with E-state index in [9.17, 15) is 0 Å². The molecule has 0 aliphatic carbocycles. The third-order valence-corrected chi connectivity index (χ3v) is 3.24. The minimum Gasteiger partial charge on any atom is -0.472 e. The zero-order valence-corrected chi connectivity index (χ0v) is 10.2. The Balaban J connectivity index is 2.26. The van der Waals surface area contributed by atoms with E-state index in [1.807, 2.05) is 6.07 Å². The number of aryl methyl sites for hydroxylation is 1. The Labute approximate surface area is 102 Å². The Morgan fingerprint density at radius 3 is 2.76 bits per heavy atom. The predicted molar refractivity (Wildman–Crippen MR) is 68.4 cm³/mol. The number of rotatable bonds is 4. The van der Waals surface area contributed by atoms with E-state index in [2.05, 4.69) is 37.5 Å². The highest BCUT2D eigenvalue weighted by Gasteiger charge is 2.14. The first-order chi connectivity index (χ1) is 8.22. The lowest BCUT2D eigenvalue weighted by Gasteiger charge is -2.19. The highest BCUT2D eigenvalue weighted by molar-refractivity contribution is 5.36. The summed E-state index contributed by atoms with van der Waals surface area (Å²) in [6.45, 7) is 4.24. The molecule has 3 N–H and O–H groups in total. The molecule has 2 aromatic rings. The molecule has 1 aromatic carbocycles. The van der Waals surface area contributed by atoms with Gasteiger partial charge in [-0.15, -0.1) is 0 Å². The minimum absolute atomic E-state index is 0.118. The summed E-state index contributed by atoms with van der Waals surface area (Å²) in [5.74, 6) is 5.66. The minimum atomic E-state index is 0.118. The molecule has 0 saturated carbocycles. The Kier molecular flexibility index (Phi) is 3.61. The van der Waals surface area contributed by atoms with Gasteiger partial charge in [-0.25, -0.2) is 0 Å². The summed E-state index contributed by atoms with van der Waals surface area (Å²) in [6.07, 6.45) is 4.28. The Hall–Kier alpha value is -1.58. The fraction of sp³-hybridized carbons (Fsp3) is 0.286. The monoisotopic (exact) mass is 230 g/mol. The van der Waals surface area contributed by atoms with Gasteiger partial charge in [-0.05, 0) is 48.6 Å². The van der Waals surface area contributed by atoms with Crippen LogP contribution in [0, 0.1) is 13.8 Å². The van der Waals surface area contributed by atoms with Gasteiger partial charge in [0.2, 0.25) is 0 Å². The molecule has 0 fully saturated rings. The molecule has 3 heteroatoms. The summed E-state index contributed by atoms with van der Waals surface area (Å²) in [6, 6.07) is 8.39. The second kappa shape index (κ2) is 5.17. The van der Waals surface area contributed by atoms with Crippen molar-refractivity contribution in [3.63, 3.8) is 0 Å². The maximum atomic E-state index is 5.66. The Bertz CT molecular complexity index is 477. The molecule has 3 nitrogen and oxygen atoms in total. The van der Waals surface area contributed by atoms with Gasteiger partial charge in [0.25, 0.3) is 0 Å². The topological polar surface area (TPSA) is 51.2 Å². The standard InChI is InChI=1S/C14H18N2O/c1-10-4-3-5-13(11(10)2)14(16-15)8-12-6-7-17-9-12/h3-7,9,14,16H,8,15H2,1-2H3. The van der Waals surface area contributed by atoms with Crippen LogP contribution in [0.25, 0.3) is 0 Å². The van der Waals surface area contributed by atoms with Crippen molar-refractivity contribution < 1.29 is 4.42 Å². The molecule has 2 rings (SSSR count). The smallest absolute Gasteiger partial charge is 0.0935 e. The average molecular weight is 230 g/mol. The van der Waals surface area contributed by atoms with Crippen LogP contribution in [-0.4, -0.2) is 0 Å². The summed E-state index contributed by atoms with van der Waals surface area (Å²) < 4.78 is 5.08. The molecule has 0 amide bonds. The Morgan fingerprint density at radius 1 is 1.29 bits per heavy atom. The molecule has 0 aliphatic heterocycles. The molecule has 90 valence electrons. The van der Waals surface area contributed by atoms with Crippen LogP contribution in [0.1, 0.15) is 28.3 Å². The quantitative estimate of drug-likeness (QED) is 0.627. The lowest BCUT2D eigenvalue weighted by Crippen LogP contribution is -2.30. The van der Waals surface area contributed by atoms with E-state index in [-0.39, 0.29) is 6.04 Å². The van der Waals surface area contributed by atoms with Crippen molar-refractivity contribution in [3.05, 3.63) is 59.0 Å². The number of furan rings is 1. The number of hydrogen-bond acceptors (Lipinski definition) is 3. The number of benzene rings is 1. The predicted octanol–water partition coefficient (Wildman–Crippen LogP) is 2.64. The fourth-order valence-corrected chi connectivity index (χ4v) is 2.05. The number of hydrogen-bond donors (Lipinski definition) is 2. The molecule has 1 unspecified atom stereocenters. The normalized spacial score (nSPS) is 12.6. The van der Waals surface area contributed by atoms with Gasteiger partial charge in [-0.1, -0.05) is 18.2 Å². The van der Waals surface area contributed by atoms with Crippen LogP contribution < -0.4 is 11.3 Å². The van der Waals surface area contributed by atoms with Gasteiger partial charge in [-0.3, -0.25) is 11.3 Å². The van der Waals surface area contributed by atoms with E-state index in [1.54, 1.807) is 12.5 Å². The molecular formula is C14H18N2O. The van der Waals surface area contributed by atoms with Gasteiger partial charge >= 0.3 is 0 Å². The average Bonchev–Trinajstić information content (AvgIpc) is 2.83. The summed E-state index contributed by atoms with van der Waals surface area (Å²) in [5, 5.41) is 0. The second-order valence-electron chi connectivity index (χ2n) is 4.34. The van der Waals surface area contributed by atoms with Crippen LogP contribution in [0.3, 0.4) is 0 Å². The van der Waals surface area contributed by atoms with Crippen LogP contribution in [0.4, 0.5) is 0 Å².